The van der Waals surface area contributed by atoms with Crippen LogP contribution in [-0.2, 0) is 19.9 Å². The van der Waals surface area contributed by atoms with Gasteiger partial charge >= 0.3 is 0 Å². The number of nitrogens with one attached hydrogen (secondary N) is 1. The van der Waals surface area contributed by atoms with Crippen LogP contribution < -0.4 is 5.32 Å². The monoisotopic (exact) mass is 347 g/mol. The summed E-state index contributed by atoms with van der Waals surface area (Å²) in [5, 5.41) is 7.98. The summed E-state index contributed by atoms with van der Waals surface area (Å²) in [5.41, 5.74) is 2.45. The highest BCUT2D eigenvalue weighted by atomic mass is 79.9. The Labute approximate surface area is 130 Å². The maximum atomic E-state index is 4.56. The topological polar surface area (TPSA) is 29.9 Å². The Kier molecular flexibility index (Phi) is 7.47. The summed E-state index contributed by atoms with van der Waals surface area (Å²) in [6.45, 7) is 6.68. The minimum atomic E-state index is 0.500. The zero-order chi connectivity index (χ0) is 14.4. The second kappa shape index (κ2) is 8.32. The number of aryl methyl sites for hydroxylation is 2. The molecule has 1 atom stereocenters. The van der Waals surface area contributed by atoms with Crippen LogP contribution in [0.2, 0.25) is 0 Å². The van der Waals surface area contributed by atoms with Crippen LogP contribution >= 0.6 is 27.7 Å². The first-order valence-electron chi connectivity index (χ1n) is 6.94. The van der Waals surface area contributed by atoms with Gasteiger partial charge in [0, 0.05) is 25.3 Å². The van der Waals surface area contributed by atoms with Crippen LogP contribution in [0.5, 0.6) is 0 Å². The summed E-state index contributed by atoms with van der Waals surface area (Å²) in [6.07, 6.45) is 1.99. The van der Waals surface area contributed by atoms with Crippen LogP contribution in [0.1, 0.15) is 32.2 Å². The highest BCUT2D eigenvalue weighted by molar-refractivity contribution is 9.10. The van der Waals surface area contributed by atoms with Gasteiger partial charge in [0.15, 0.2) is 0 Å². The molecule has 0 spiro atoms. The number of nitrogens with zero attached hydrogens (tertiary/aromatic N) is 2. The normalized spacial score (nSPS) is 13.2. The van der Waals surface area contributed by atoms with E-state index in [4.69, 9.17) is 0 Å². The van der Waals surface area contributed by atoms with E-state index in [9.17, 15) is 0 Å². The predicted molar refractivity (Wildman–Crippen MR) is 89.0 cm³/mol. The van der Waals surface area contributed by atoms with E-state index in [2.05, 4.69) is 47.1 Å². The molecule has 1 rings (SSSR count). The third-order valence-corrected chi connectivity index (χ3v) is 5.58. The molecular formula is C14H26BrN3S. The second-order valence-corrected chi connectivity index (χ2v) is 7.17. The highest BCUT2D eigenvalue weighted by Crippen LogP contribution is 2.23. The number of rotatable bonds is 8. The van der Waals surface area contributed by atoms with Crippen molar-refractivity contribution in [2.45, 2.75) is 39.7 Å². The molecule has 0 aromatic carbocycles. The smallest absolute Gasteiger partial charge is 0.0766 e. The quantitative estimate of drug-likeness (QED) is 0.782. The number of hydrogen-bond donors (Lipinski definition) is 1. The lowest BCUT2D eigenvalue weighted by molar-refractivity contribution is 0.579. The molecule has 0 aliphatic rings. The summed E-state index contributed by atoms with van der Waals surface area (Å²) in [6, 6.07) is 0.500. The van der Waals surface area contributed by atoms with Gasteiger partial charge in [-0.15, -0.1) is 0 Å². The van der Waals surface area contributed by atoms with E-state index in [-0.39, 0.29) is 0 Å². The summed E-state index contributed by atoms with van der Waals surface area (Å²) >= 11 is 5.72. The zero-order valence-electron chi connectivity index (χ0n) is 12.7. The van der Waals surface area contributed by atoms with Gasteiger partial charge in [-0.25, -0.2) is 0 Å². The van der Waals surface area contributed by atoms with E-state index in [0.29, 0.717) is 6.04 Å². The number of likely N-dealkylation sites (N-methyl/N-ethyl adjacent to an activating group) is 1. The van der Waals surface area contributed by atoms with Crippen LogP contribution in [0.25, 0.3) is 0 Å². The van der Waals surface area contributed by atoms with Crippen LogP contribution in [0.15, 0.2) is 4.47 Å². The molecule has 0 saturated heterocycles. The molecule has 1 heterocycles. The largest absolute Gasteiger partial charge is 0.316 e. The van der Waals surface area contributed by atoms with Gasteiger partial charge < -0.3 is 5.32 Å². The molecule has 0 amide bonds. The molecule has 3 nitrogen and oxygen atoms in total. The summed E-state index contributed by atoms with van der Waals surface area (Å²) in [5.74, 6) is 3.14. The molecule has 19 heavy (non-hydrogen) atoms. The molecule has 0 fully saturated rings. The third-order valence-electron chi connectivity index (χ3n) is 3.12. The lowest BCUT2D eigenvalue weighted by Gasteiger charge is -2.17. The lowest BCUT2D eigenvalue weighted by Crippen LogP contribution is -2.31. The van der Waals surface area contributed by atoms with Gasteiger partial charge in [0.2, 0.25) is 0 Å². The minimum absolute atomic E-state index is 0.500. The van der Waals surface area contributed by atoms with Crippen molar-refractivity contribution in [2.24, 2.45) is 13.0 Å². The van der Waals surface area contributed by atoms with Crippen LogP contribution in [0, 0.1) is 5.92 Å². The first-order valence-corrected chi connectivity index (χ1v) is 8.89. The number of aromatic nitrogens is 2. The molecule has 1 N–H and O–H groups in total. The van der Waals surface area contributed by atoms with E-state index in [1.165, 1.54) is 15.9 Å². The van der Waals surface area contributed by atoms with Crippen molar-refractivity contribution in [3.63, 3.8) is 0 Å². The number of hydrogen-bond acceptors (Lipinski definition) is 3. The van der Waals surface area contributed by atoms with Crippen molar-refractivity contribution in [1.29, 1.82) is 0 Å². The summed E-state index contributed by atoms with van der Waals surface area (Å²) in [4.78, 5) is 0. The Morgan fingerprint density at radius 2 is 2.05 bits per heavy atom. The maximum absolute atomic E-state index is 4.56. The Hall–Kier alpha value is -0.0000000000000000555. The van der Waals surface area contributed by atoms with Crippen LogP contribution in [0.3, 0.4) is 0 Å². The molecule has 110 valence electrons. The molecule has 1 aromatic rings. The molecule has 0 aliphatic heterocycles. The minimum Gasteiger partial charge on any atom is -0.316 e. The van der Waals surface area contributed by atoms with Crippen molar-refractivity contribution in [1.82, 2.24) is 15.1 Å². The molecule has 0 radical (unpaired) electrons. The number of thioether (sulfide) groups is 1. The fourth-order valence-electron chi connectivity index (χ4n) is 1.97. The molecule has 0 bridgehead atoms. The van der Waals surface area contributed by atoms with Crippen molar-refractivity contribution in [3.8, 4) is 0 Å². The van der Waals surface area contributed by atoms with E-state index >= 15 is 0 Å². The molecule has 1 unspecified atom stereocenters. The fraction of sp³-hybridized carbons (Fsp3) is 0.786. The maximum Gasteiger partial charge on any atom is 0.0766 e. The van der Waals surface area contributed by atoms with E-state index in [0.717, 1.165) is 30.2 Å². The van der Waals surface area contributed by atoms with Crippen molar-refractivity contribution >= 4 is 27.7 Å². The highest BCUT2D eigenvalue weighted by Gasteiger charge is 2.16. The average molecular weight is 348 g/mol. The van der Waals surface area contributed by atoms with E-state index in [1.54, 1.807) is 0 Å². The summed E-state index contributed by atoms with van der Waals surface area (Å²) in [7, 11) is 4.08. The van der Waals surface area contributed by atoms with Crippen molar-refractivity contribution < 1.29 is 0 Å². The Morgan fingerprint density at radius 3 is 2.53 bits per heavy atom. The Bertz CT molecular complexity index is 390. The Morgan fingerprint density at radius 1 is 1.37 bits per heavy atom. The van der Waals surface area contributed by atoms with Gasteiger partial charge in [0.05, 0.1) is 15.9 Å². The summed E-state index contributed by atoms with van der Waals surface area (Å²) < 4.78 is 3.20. The first-order chi connectivity index (χ1) is 8.99. The second-order valence-electron chi connectivity index (χ2n) is 5.31. The fourth-order valence-corrected chi connectivity index (χ4v) is 3.92. The van der Waals surface area contributed by atoms with Gasteiger partial charge in [-0.2, -0.15) is 16.9 Å². The first kappa shape index (κ1) is 17.1. The van der Waals surface area contributed by atoms with Gasteiger partial charge in [0.1, 0.15) is 0 Å². The average Bonchev–Trinajstić information content (AvgIpc) is 2.64. The van der Waals surface area contributed by atoms with Crippen molar-refractivity contribution in [3.05, 3.63) is 15.9 Å². The Balaban J connectivity index is 2.62. The van der Waals surface area contributed by atoms with Gasteiger partial charge in [-0.1, -0.05) is 20.8 Å². The number of halogens is 1. The molecule has 0 saturated carbocycles. The van der Waals surface area contributed by atoms with Crippen LogP contribution in [-0.4, -0.2) is 34.4 Å². The van der Waals surface area contributed by atoms with Crippen LogP contribution in [0.4, 0.5) is 0 Å². The zero-order valence-corrected chi connectivity index (χ0v) is 15.1. The third kappa shape index (κ3) is 5.12. The molecule has 5 heteroatoms. The lowest BCUT2D eigenvalue weighted by atomic mass is 10.1. The van der Waals surface area contributed by atoms with Gasteiger partial charge in [0.25, 0.3) is 0 Å². The molecular weight excluding hydrogens is 322 g/mol. The van der Waals surface area contributed by atoms with E-state index < -0.39 is 0 Å². The molecule has 1 aromatic heterocycles. The molecule has 0 aliphatic carbocycles. The van der Waals surface area contributed by atoms with Gasteiger partial charge in [-0.05, 0) is 41.1 Å². The SMILES string of the molecule is CCc1nn(C)c(CC(CSCC(C)C)NC)c1Br. The standard InChI is InChI=1S/C14H26BrN3S/c1-6-12-14(15)13(18(5)17-12)7-11(16-4)9-19-8-10(2)3/h10-11,16H,6-9H2,1-5H3. The van der Waals surface area contributed by atoms with Gasteiger partial charge in [-0.3, -0.25) is 4.68 Å². The van der Waals surface area contributed by atoms with E-state index in [1.807, 2.05) is 30.5 Å². The predicted octanol–water partition coefficient (Wildman–Crippen LogP) is 3.26. The van der Waals surface area contributed by atoms with Crippen molar-refractivity contribution in [2.75, 3.05) is 18.6 Å².